The second kappa shape index (κ2) is 23.5. The second-order valence-electron chi connectivity index (χ2n) is 7.28. The molecule has 10 heteroatoms. The van der Waals surface area contributed by atoms with Gasteiger partial charge >= 0.3 is 47.5 Å². The van der Waals surface area contributed by atoms with Crippen LogP contribution in [-0.2, 0) is 23.9 Å². The van der Waals surface area contributed by atoms with Crippen LogP contribution in [0.25, 0.3) is 0 Å². The summed E-state index contributed by atoms with van der Waals surface area (Å²) in [7, 11) is 1.25. The third kappa shape index (κ3) is 25.0. The van der Waals surface area contributed by atoms with Crippen molar-refractivity contribution in [1.82, 2.24) is 5.32 Å². The predicted octanol–water partition coefficient (Wildman–Crippen LogP) is 2.20. The van der Waals surface area contributed by atoms with E-state index in [2.05, 4.69) is 17.0 Å². The normalized spacial score (nSPS) is 11.7. The Labute approximate surface area is 208 Å². The Kier molecular flexibility index (Phi) is 26.1. The summed E-state index contributed by atoms with van der Waals surface area (Å²) < 4.78 is 4.47. The third-order valence-corrected chi connectivity index (χ3v) is 4.40. The van der Waals surface area contributed by atoms with E-state index in [1.165, 1.54) is 52.6 Å². The van der Waals surface area contributed by atoms with Crippen LogP contribution in [0, 0.1) is 0 Å². The van der Waals surface area contributed by atoms with E-state index in [0.29, 0.717) is 6.42 Å². The number of amides is 1. The number of hydrogen-bond acceptors (Lipinski definition) is 6. The van der Waals surface area contributed by atoms with Crippen molar-refractivity contribution < 1.29 is 34.1 Å². The summed E-state index contributed by atoms with van der Waals surface area (Å²) in [6.45, 7) is 3.62. The molecular weight excluding hydrogens is 415 g/mol. The number of unbranched alkanes of at least 4 members (excludes halogenated alkanes) is 8. The van der Waals surface area contributed by atoms with Crippen molar-refractivity contribution in [2.45, 2.75) is 103 Å². The quantitative estimate of drug-likeness (QED) is 0.156. The van der Waals surface area contributed by atoms with Gasteiger partial charge in [0.2, 0.25) is 5.91 Å². The molecule has 0 aromatic rings. The van der Waals surface area contributed by atoms with Crippen LogP contribution in [0.1, 0.15) is 90.9 Å². The Morgan fingerprint density at radius 1 is 0.871 bits per heavy atom. The van der Waals surface area contributed by atoms with Crippen molar-refractivity contribution >= 4 is 53.4 Å². The summed E-state index contributed by atoms with van der Waals surface area (Å²) in [5.41, 5.74) is 4.84. The average molecular weight is 457 g/mol. The summed E-state index contributed by atoms with van der Waals surface area (Å²) in [4.78, 5) is 43.5. The molecule has 5 N–H and O–H groups in total. The Morgan fingerprint density at radius 2 is 1.32 bits per heavy atom. The fraction of sp³-hybridized carbons (Fsp3) is 0.810. The minimum absolute atomic E-state index is 0. The molecule has 9 nitrogen and oxygen atoms in total. The first-order valence-electron chi connectivity index (χ1n) is 10.7. The molecule has 178 valence electrons. The van der Waals surface area contributed by atoms with Crippen molar-refractivity contribution in [3.63, 3.8) is 0 Å². The van der Waals surface area contributed by atoms with E-state index in [0.717, 1.165) is 19.3 Å². The number of ether oxygens (including phenoxy) is 1. The summed E-state index contributed by atoms with van der Waals surface area (Å²) in [6.07, 6.45) is 10.8. The van der Waals surface area contributed by atoms with Crippen LogP contribution in [-0.4, -0.2) is 82.8 Å². The van der Waals surface area contributed by atoms with Crippen LogP contribution in [0.4, 0.5) is 0 Å². The zero-order valence-corrected chi connectivity index (χ0v) is 18.7. The zero-order chi connectivity index (χ0) is 23.4. The molecule has 0 heterocycles. The topological polar surface area (TPSA) is 156 Å². The standard InChI is InChI=1S/C18H33NO5.C3H7NO2.Na.H/c1-3-4-5-6-7-8-9-10-11-12-16(20)19-15(18(22)23)13-14-17(21)24-2;1-2(4)3(5)6;;/h15H,3-14H2,1-2H3,(H,19,20)(H,22,23);2H,4H2,1H3,(H,5,6);;/t15-;2-;;/m00../s1. The molecule has 0 aliphatic carbocycles. The molecule has 0 aromatic carbocycles. The monoisotopic (exact) mass is 456 g/mol. The molecular formula is C21H41N2NaO7. The fourth-order valence-electron chi connectivity index (χ4n) is 2.48. The second-order valence-corrected chi connectivity index (χ2v) is 7.28. The number of esters is 1. The molecule has 2 atom stereocenters. The van der Waals surface area contributed by atoms with Crippen molar-refractivity contribution in [3.05, 3.63) is 0 Å². The van der Waals surface area contributed by atoms with Gasteiger partial charge in [-0.2, -0.15) is 0 Å². The molecule has 1 amide bonds. The van der Waals surface area contributed by atoms with Gasteiger partial charge in [0.1, 0.15) is 12.1 Å². The number of hydrogen-bond donors (Lipinski definition) is 4. The van der Waals surface area contributed by atoms with Gasteiger partial charge in [-0.1, -0.05) is 58.3 Å². The number of aliphatic carboxylic acids is 2. The van der Waals surface area contributed by atoms with Gasteiger partial charge in [0.05, 0.1) is 7.11 Å². The van der Waals surface area contributed by atoms with Crippen LogP contribution in [0.5, 0.6) is 0 Å². The van der Waals surface area contributed by atoms with E-state index in [-0.39, 0.29) is 48.3 Å². The van der Waals surface area contributed by atoms with Crippen LogP contribution >= 0.6 is 0 Å². The van der Waals surface area contributed by atoms with Crippen molar-refractivity contribution in [2.24, 2.45) is 5.73 Å². The molecule has 0 aromatic heterocycles. The van der Waals surface area contributed by atoms with Crippen LogP contribution in [0.15, 0.2) is 0 Å². The molecule has 31 heavy (non-hydrogen) atoms. The number of nitrogens with two attached hydrogens (primary N) is 1. The van der Waals surface area contributed by atoms with E-state index in [9.17, 15) is 19.2 Å². The summed E-state index contributed by atoms with van der Waals surface area (Å²) in [6, 6.07) is -1.76. The van der Waals surface area contributed by atoms with Crippen molar-refractivity contribution in [2.75, 3.05) is 7.11 Å². The number of rotatable bonds is 16. The molecule has 0 aliphatic heterocycles. The van der Waals surface area contributed by atoms with Gasteiger partial charge < -0.3 is 26.0 Å². The molecule has 0 spiro atoms. The van der Waals surface area contributed by atoms with E-state index >= 15 is 0 Å². The number of nitrogens with one attached hydrogen (secondary N) is 1. The van der Waals surface area contributed by atoms with Gasteiger partial charge in [-0.15, -0.1) is 0 Å². The molecule has 0 saturated carbocycles. The Morgan fingerprint density at radius 3 is 1.71 bits per heavy atom. The molecule has 0 fully saturated rings. The van der Waals surface area contributed by atoms with Gasteiger partial charge in [0.15, 0.2) is 0 Å². The molecule has 0 aliphatic rings. The summed E-state index contributed by atoms with van der Waals surface area (Å²) in [5, 5.41) is 19.4. The molecule has 0 unspecified atom stereocenters. The maximum absolute atomic E-state index is 11.8. The zero-order valence-electron chi connectivity index (χ0n) is 18.7. The number of carbonyl (C=O) groups is 4. The first-order chi connectivity index (χ1) is 14.1. The molecule has 0 saturated heterocycles. The number of carbonyl (C=O) groups excluding carboxylic acids is 2. The van der Waals surface area contributed by atoms with E-state index in [1.807, 2.05) is 0 Å². The van der Waals surface area contributed by atoms with Crippen LogP contribution in [0.2, 0.25) is 0 Å². The van der Waals surface area contributed by atoms with E-state index < -0.39 is 30.0 Å². The Hall–Kier alpha value is -1.16. The van der Waals surface area contributed by atoms with Crippen LogP contribution < -0.4 is 11.1 Å². The first kappa shape index (κ1) is 34.5. The summed E-state index contributed by atoms with van der Waals surface area (Å²) in [5.74, 6) is -2.83. The van der Waals surface area contributed by atoms with Gasteiger partial charge in [0.25, 0.3) is 0 Å². The van der Waals surface area contributed by atoms with E-state index in [4.69, 9.17) is 15.9 Å². The molecule has 0 rings (SSSR count). The average Bonchev–Trinajstić information content (AvgIpc) is 2.69. The first-order valence-corrected chi connectivity index (χ1v) is 10.7. The number of carboxylic acids is 2. The van der Waals surface area contributed by atoms with Gasteiger partial charge in [0, 0.05) is 12.8 Å². The minimum atomic E-state index is -1.13. The Balaban J connectivity index is -0.000000976. The third-order valence-electron chi connectivity index (χ3n) is 4.40. The predicted molar refractivity (Wildman–Crippen MR) is 121 cm³/mol. The fourth-order valence-corrected chi connectivity index (χ4v) is 2.48. The SMILES string of the molecule is CCCCCCCCCCCC(=O)N[C@@H](CCC(=O)OC)C(=O)O.C[C@H](N)C(=O)O.[NaH]. The van der Waals surface area contributed by atoms with Crippen LogP contribution in [0.3, 0.4) is 0 Å². The summed E-state index contributed by atoms with van der Waals surface area (Å²) >= 11 is 0. The number of carboxylic acid groups (broad SMARTS) is 2. The number of methoxy groups -OCH3 is 1. The van der Waals surface area contributed by atoms with Crippen molar-refractivity contribution in [3.8, 4) is 0 Å². The maximum atomic E-state index is 11.8. The van der Waals surface area contributed by atoms with Gasteiger partial charge in [-0.05, 0) is 19.8 Å². The van der Waals surface area contributed by atoms with Gasteiger partial charge in [-0.3, -0.25) is 14.4 Å². The van der Waals surface area contributed by atoms with E-state index in [1.54, 1.807) is 0 Å². The molecule has 0 radical (unpaired) electrons. The van der Waals surface area contributed by atoms with Gasteiger partial charge in [-0.25, -0.2) is 4.79 Å². The molecule has 0 bridgehead atoms. The Bertz CT molecular complexity index is 502. The van der Waals surface area contributed by atoms with Crippen molar-refractivity contribution in [1.29, 1.82) is 0 Å².